The van der Waals surface area contributed by atoms with Crippen molar-refractivity contribution in [2.75, 3.05) is 0 Å². The fraction of sp³-hybridized carbons (Fsp3) is 0.385. The Labute approximate surface area is 114 Å². The highest BCUT2D eigenvalue weighted by Crippen LogP contribution is 2.35. The summed E-state index contributed by atoms with van der Waals surface area (Å²) in [6.45, 7) is 0. The van der Waals surface area contributed by atoms with Gasteiger partial charge in [0.15, 0.2) is 0 Å². The summed E-state index contributed by atoms with van der Waals surface area (Å²) in [5, 5.41) is 24.6. The molecule has 1 N–H and O–H groups in total. The molecule has 3 rings (SSSR count). The summed E-state index contributed by atoms with van der Waals surface area (Å²) >= 11 is 0. The van der Waals surface area contributed by atoms with E-state index in [2.05, 4.69) is 10.1 Å². The number of benzene rings is 1. The van der Waals surface area contributed by atoms with Gasteiger partial charge in [-0.1, -0.05) is 17.3 Å². The van der Waals surface area contributed by atoms with Crippen LogP contribution in [0.4, 0.5) is 5.69 Å². The average Bonchev–Trinajstić information content (AvgIpc) is 3.07. The first-order valence-electron chi connectivity index (χ1n) is 6.42. The van der Waals surface area contributed by atoms with E-state index >= 15 is 0 Å². The molecule has 0 bridgehead atoms. The zero-order chi connectivity index (χ0) is 14.1. The minimum Gasteiger partial charge on any atom is -0.392 e. The van der Waals surface area contributed by atoms with Gasteiger partial charge in [0.25, 0.3) is 5.69 Å². The van der Waals surface area contributed by atoms with Crippen molar-refractivity contribution in [3.63, 3.8) is 0 Å². The maximum absolute atomic E-state index is 11.0. The summed E-state index contributed by atoms with van der Waals surface area (Å²) < 4.78 is 5.16. The molecule has 104 valence electrons. The minimum atomic E-state index is -0.478. The number of hydrogen-bond acceptors (Lipinski definition) is 6. The highest BCUT2D eigenvalue weighted by atomic mass is 16.6. The number of aliphatic hydroxyl groups excluding tert-OH is 1. The van der Waals surface area contributed by atoms with Gasteiger partial charge in [0.1, 0.15) is 5.56 Å². The lowest BCUT2D eigenvalue weighted by Crippen LogP contribution is -2.11. The second kappa shape index (κ2) is 5.01. The molecule has 0 aliphatic heterocycles. The van der Waals surface area contributed by atoms with Crippen LogP contribution >= 0.6 is 0 Å². The smallest absolute Gasteiger partial charge is 0.280 e. The second-order valence-corrected chi connectivity index (χ2v) is 4.84. The molecule has 1 fully saturated rings. The van der Waals surface area contributed by atoms with Crippen LogP contribution in [-0.2, 0) is 0 Å². The van der Waals surface area contributed by atoms with Gasteiger partial charge >= 0.3 is 0 Å². The van der Waals surface area contributed by atoms with Gasteiger partial charge in [-0.25, -0.2) is 0 Å². The van der Waals surface area contributed by atoms with Gasteiger partial charge in [-0.3, -0.25) is 10.1 Å². The summed E-state index contributed by atoms with van der Waals surface area (Å²) in [5.41, 5.74) is 0.256. The average molecular weight is 275 g/mol. The van der Waals surface area contributed by atoms with E-state index in [9.17, 15) is 15.2 Å². The monoisotopic (exact) mass is 275 g/mol. The van der Waals surface area contributed by atoms with Crippen molar-refractivity contribution in [3.8, 4) is 11.4 Å². The van der Waals surface area contributed by atoms with E-state index in [0.717, 1.165) is 12.8 Å². The van der Waals surface area contributed by atoms with Gasteiger partial charge in [0.05, 0.1) is 16.9 Å². The fourth-order valence-corrected chi connectivity index (χ4v) is 2.55. The van der Waals surface area contributed by atoms with Crippen LogP contribution in [0.15, 0.2) is 28.8 Å². The molecule has 20 heavy (non-hydrogen) atoms. The van der Waals surface area contributed by atoms with Crippen LogP contribution in [0.25, 0.3) is 11.4 Å². The van der Waals surface area contributed by atoms with Crippen LogP contribution in [0.1, 0.15) is 31.1 Å². The van der Waals surface area contributed by atoms with E-state index < -0.39 is 11.0 Å². The number of aliphatic hydroxyl groups is 1. The number of para-hydroxylation sites is 1. The highest BCUT2D eigenvalue weighted by Gasteiger charge is 2.32. The molecule has 7 heteroatoms. The first-order chi connectivity index (χ1) is 9.66. The fourth-order valence-electron chi connectivity index (χ4n) is 2.55. The molecule has 7 nitrogen and oxygen atoms in total. The number of nitro groups is 1. The van der Waals surface area contributed by atoms with E-state index in [0.29, 0.717) is 17.9 Å². The maximum Gasteiger partial charge on any atom is 0.280 e. The van der Waals surface area contributed by atoms with Crippen LogP contribution in [0.3, 0.4) is 0 Å². The minimum absolute atomic E-state index is 0.0631. The second-order valence-electron chi connectivity index (χ2n) is 4.84. The Bertz CT molecular complexity index is 640. The quantitative estimate of drug-likeness (QED) is 0.681. The molecule has 1 aliphatic rings. The van der Waals surface area contributed by atoms with E-state index in [-0.39, 0.29) is 17.4 Å². The van der Waals surface area contributed by atoms with Crippen molar-refractivity contribution in [1.29, 1.82) is 0 Å². The van der Waals surface area contributed by atoms with E-state index in [1.165, 1.54) is 6.07 Å². The molecule has 1 heterocycles. The summed E-state index contributed by atoms with van der Waals surface area (Å²) in [6, 6.07) is 6.25. The summed E-state index contributed by atoms with van der Waals surface area (Å²) in [4.78, 5) is 14.7. The predicted molar refractivity (Wildman–Crippen MR) is 69.0 cm³/mol. The molecule has 1 aromatic heterocycles. The van der Waals surface area contributed by atoms with Crippen molar-refractivity contribution >= 4 is 5.69 Å². The van der Waals surface area contributed by atoms with Gasteiger partial charge in [0.2, 0.25) is 11.7 Å². The van der Waals surface area contributed by atoms with Crippen LogP contribution in [0, 0.1) is 10.1 Å². The molecular weight excluding hydrogens is 262 g/mol. The predicted octanol–water partition coefficient (Wildman–Crippen LogP) is 2.27. The Morgan fingerprint density at radius 1 is 1.35 bits per heavy atom. The topological polar surface area (TPSA) is 102 Å². The van der Waals surface area contributed by atoms with Crippen LogP contribution < -0.4 is 0 Å². The summed E-state index contributed by atoms with van der Waals surface area (Å²) in [6.07, 6.45) is 1.94. The van der Waals surface area contributed by atoms with Crippen LogP contribution in [0.2, 0.25) is 0 Å². The van der Waals surface area contributed by atoms with Crippen LogP contribution in [0.5, 0.6) is 0 Å². The Morgan fingerprint density at radius 2 is 2.15 bits per heavy atom. The van der Waals surface area contributed by atoms with Gasteiger partial charge in [-0.05, 0) is 25.3 Å². The van der Waals surface area contributed by atoms with Gasteiger partial charge in [0, 0.05) is 6.07 Å². The number of nitro benzene ring substituents is 1. The number of hydrogen-bond donors (Lipinski definition) is 1. The molecule has 2 atom stereocenters. The van der Waals surface area contributed by atoms with Crippen LogP contribution in [-0.4, -0.2) is 26.3 Å². The van der Waals surface area contributed by atoms with Gasteiger partial charge < -0.3 is 9.63 Å². The largest absolute Gasteiger partial charge is 0.392 e. The molecule has 2 unspecified atom stereocenters. The third kappa shape index (κ3) is 2.16. The molecule has 0 radical (unpaired) electrons. The molecule has 0 spiro atoms. The molecule has 0 amide bonds. The third-order valence-electron chi connectivity index (χ3n) is 3.58. The Kier molecular flexibility index (Phi) is 3.19. The van der Waals surface area contributed by atoms with Gasteiger partial charge in [-0.2, -0.15) is 4.98 Å². The Morgan fingerprint density at radius 3 is 2.85 bits per heavy atom. The highest BCUT2D eigenvalue weighted by molar-refractivity contribution is 5.67. The standard InChI is InChI=1S/C13H13N3O4/c17-11-7-3-5-9(11)13-14-12(15-20-13)8-4-1-2-6-10(8)16(18)19/h1-2,4,6,9,11,17H,3,5,7H2. The molecule has 1 aliphatic carbocycles. The third-order valence-corrected chi connectivity index (χ3v) is 3.58. The van der Waals surface area contributed by atoms with Crippen molar-refractivity contribution in [2.24, 2.45) is 0 Å². The zero-order valence-corrected chi connectivity index (χ0v) is 10.6. The van der Waals surface area contributed by atoms with Gasteiger partial charge in [-0.15, -0.1) is 0 Å². The lowest BCUT2D eigenvalue weighted by Gasteiger charge is -2.07. The maximum atomic E-state index is 11.0. The number of aromatic nitrogens is 2. The van der Waals surface area contributed by atoms with Crippen molar-refractivity contribution in [2.45, 2.75) is 31.3 Å². The number of nitrogens with zero attached hydrogens (tertiary/aromatic N) is 3. The van der Waals surface area contributed by atoms with E-state index in [1.54, 1.807) is 18.2 Å². The number of rotatable bonds is 3. The molecule has 2 aromatic rings. The molecule has 0 saturated heterocycles. The first kappa shape index (κ1) is 12.7. The SMILES string of the molecule is O=[N+]([O-])c1ccccc1-c1noc(C2CCCC2O)n1. The van der Waals surface area contributed by atoms with E-state index in [1.807, 2.05) is 0 Å². The molecule has 1 saturated carbocycles. The lowest BCUT2D eigenvalue weighted by molar-refractivity contribution is -0.384. The molecular formula is C13H13N3O4. The van der Waals surface area contributed by atoms with E-state index in [4.69, 9.17) is 4.52 Å². The van der Waals surface area contributed by atoms with Crippen molar-refractivity contribution in [1.82, 2.24) is 10.1 Å². The van der Waals surface area contributed by atoms with Crippen molar-refractivity contribution in [3.05, 3.63) is 40.3 Å². The Balaban J connectivity index is 1.96. The first-order valence-corrected chi connectivity index (χ1v) is 6.42. The summed E-state index contributed by atoms with van der Waals surface area (Å²) in [5.74, 6) is 0.369. The van der Waals surface area contributed by atoms with Crippen molar-refractivity contribution < 1.29 is 14.6 Å². The Hall–Kier alpha value is -2.28. The zero-order valence-electron chi connectivity index (χ0n) is 10.6. The molecule has 1 aromatic carbocycles. The lowest BCUT2D eigenvalue weighted by atomic mass is 10.1. The summed E-state index contributed by atoms with van der Waals surface area (Å²) in [7, 11) is 0. The normalized spacial score (nSPS) is 22.1.